The molecule has 0 atom stereocenters. The topological polar surface area (TPSA) is 27.1 Å². The number of ether oxygens (including phenoxy) is 1. The molecule has 0 aromatic carbocycles. The van der Waals surface area contributed by atoms with Crippen LogP contribution in [-0.2, 0) is 11.5 Å². The third-order valence-electron chi connectivity index (χ3n) is 0.880. The normalized spacial score (nSPS) is 10.0. The van der Waals surface area contributed by atoms with E-state index in [1.54, 1.807) is 13.4 Å². The van der Waals surface area contributed by atoms with Crippen LogP contribution in [0.5, 0.6) is 0 Å². The zero-order valence-corrected chi connectivity index (χ0v) is 6.63. The Labute approximate surface area is 61.8 Å². The molecule has 0 aliphatic heterocycles. The van der Waals surface area contributed by atoms with Crippen molar-refractivity contribution in [1.29, 1.82) is 0 Å². The van der Waals surface area contributed by atoms with Gasteiger partial charge in [0.05, 0.1) is 6.33 Å². The summed E-state index contributed by atoms with van der Waals surface area (Å²) in [5.74, 6) is 0. The van der Waals surface area contributed by atoms with Crippen LogP contribution in [0.3, 0.4) is 0 Å². The molecule has 1 aromatic rings. The van der Waals surface area contributed by atoms with Gasteiger partial charge in [-0.15, -0.1) is 0 Å². The molecule has 1 aromatic heterocycles. The number of aromatic nitrogens is 2. The van der Waals surface area contributed by atoms with E-state index in [1.807, 2.05) is 10.8 Å². The fraction of sp³-hybridized carbons (Fsp3) is 0.400. The number of hydrogen-bond donors (Lipinski definition) is 0. The Hall–Kier alpha value is -0.350. The highest BCUT2D eigenvalue weighted by molar-refractivity contribution is 9.10. The number of hydrogen-bond acceptors (Lipinski definition) is 2. The third kappa shape index (κ3) is 1.80. The fourth-order valence-electron chi connectivity index (χ4n) is 0.552. The Morgan fingerprint density at radius 2 is 2.67 bits per heavy atom. The summed E-state index contributed by atoms with van der Waals surface area (Å²) in [5, 5.41) is 0. The molecule has 50 valence electrons. The first-order chi connectivity index (χ1) is 4.33. The maximum Gasteiger partial charge on any atom is 0.124 e. The smallest absolute Gasteiger partial charge is 0.124 e. The molecule has 0 bridgehead atoms. The summed E-state index contributed by atoms with van der Waals surface area (Å²) in [7, 11) is 1.65. The Morgan fingerprint density at radius 3 is 3.11 bits per heavy atom. The minimum absolute atomic E-state index is 0.554. The predicted octanol–water partition coefficient (Wildman–Crippen LogP) is 1.25. The molecular formula is C5H7BrN2O. The van der Waals surface area contributed by atoms with Crippen LogP contribution in [0.15, 0.2) is 17.1 Å². The Kier molecular flexibility index (Phi) is 2.24. The molecule has 4 heteroatoms. The molecule has 0 amide bonds. The van der Waals surface area contributed by atoms with Crippen molar-refractivity contribution < 1.29 is 4.74 Å². The highest BCUT2D eigenvalue weighted by atomic mass is 79.9. The lowest BCUT2D eigenvalue weighted by Crippen LogP contribution is -1.94. The van der Waals surface area contributed by atoms with Gasteiger partial charge in [0.2, 0.25) is 0 Å². The summed E-state index contributed by atoms with van der Waals surface area (Å²) in [6, 6.07) is 0. The van der Waals surface area contributed by atoms with E-state index >= 15 is 0 Å². The van der Waals surface area contributed by atoms with Gasteiger partial charge in [-0.05, 0) is 15.9 Å². The second-order valence-corrected chi connectivity index (χ2v) is 2.44. The predicted molar refractivity (Wildman–Crippen MR) is 36.9 cm³/mol. The van der Waals surface area contributed by atoms with Gasteiger partial charge >= 0.3 is 0 Å². The summed E-state index contributed by atoms with van der Waals surface area (Å²) in [6.07, 6.45) is 3.55. The zero-order valence-electron chi connectivity index (χ0n) is 5.04. The zero-order chi connectivity index (χ0) is 6.69. The van der Waals surface area contributed by atoms with Gasteiger partial charge in [0, 0.05) is 13.3 Å². The van der Waals surface area contributed by atoms with Crippen LogP contribution in [0.1, 0.15) is 0 Å². The van der Waals surface area contributed by atoms with Crippen LogP contribution < -0.4 is 0 Å². The molecule has 0 radical (unpaired) electrons. The molecule has 0 unspecified atom stereocenters. The highest BCUT2D eigenvalue weighted by Gasteiger charge is 1.90. The molecule has 0 saturated carbocycles. The second-order valence-electron chi connectivity index (χ2n) is 1.63. The Bertz CT molecular complexity index is 187. The molecule has 0 fully saturated rings. The van der Waals surface area contributed by atoms with Crippen molar-refractivity contribution in [2.75, 3.05) is 7.11 Å². The van der Waals surface area contributed by atoms with Crippen LogP contribution in [0.4, 0.5) is 0 Å². The number of imidazole rings is 1. The van der Waals surface area contributed by atoms with Crippen LogP contribution in [-0.4, -0.2) is 16.7 Å². The highest BCUT2D eigenvalue weighted by Crippen LogP contribution is 2.03. The lowest BCUT2D eigenvalue weighted by Gasteiger charge is -1.95. The van der Waals surface area contributed by atoms with Gasteiger partial charge in [-0.2, -0.15) is 0 Å². The molecule has 0 spiro atoms. The maximum atomic E-state index is 4.84. The minimum Gasteiger partial charge on any atom is -0.364 e. The largest absolute Gasteiger partial charge is 0.364 e. The summed E-state index contributed by atoms with van der Waals surface area (Å²) in [6.45, 7) is 0.554. The lowest BCUT2D eigenvalue weighted by molar-refractivity contribution is 0.131. The van der Waals surface area contributed by atoms with Crippen molar-refractivity contribution in [1.82, 2.24) is 9.55 Å². The van der Waals surface area contributed by atoms with Crippen LogP contribution in [0.2, 0.25) is 0 Å². The first kappa shape index (κ1) is 6.77. The Morgan fingerprint density at radius 1 is 1.89 bits per heavy atom. The molecule has 3 nitrogen and oxygen atoms in total. The molecule has 0 N–H and O–H groups in total. The summed E-state index contributed by atoms with van der Waals surface area (Å²) >= 11 is 3.21. The number of rotatable bonds is 2. The van der Waals surface area contributed by atoms with Gasteiger partial charge < -0.3 is 9.30 Å². The van der Waals surface area contributed by atoms with Crippen LogP contribution in [0.25, 0.3) is 0 Å². The van der Waals surface area contributed by atoms with E-state index in [0.717, 1.165) is 4.60 Å². The molecule has 1 heterocycles. The van der Waals surface area contributed by atoms with E-state index in [2.05, 4.69) is 20.9 Å². The molecule has 0 saturated heterocycles. The second kappa shape index (κ2) is 2.98. The molecular weight excluding hydrogens is 184 g/mol. The van der Waals surface area contributed by atoms with Gasteiger partial charge in [0.15, 0.2) is 0 Å². The molecule has 1 rings (SSSR count). The quantitative estimate of drug-likeness (QED) is 0.703. The summed E-state index contributed by atoms with van der Waals surface area (Å²) in [4.78, 5) is 3.93. The summed E-state index contributed by atoms with van der Waals surface area (Å²) < 4.78 is 7.51. The number of methoxy groups -OCH3 is 1. The first-order valence-electron chi connectivity index (χ1n) is 2.49. The van der Waals surface area contributed by atoms with E-state index < -0.39 is 0 Å². The lowest BCUT2D eigenvalue weighted by atomic mass is 10.9. The van der Waals surface area contributed by atoms with Crippen molar-refractivity contribution in [2.24, 2.45) is 0 Å². The van der Waals surface area contributed by atoms with Gasteiger partial charge in [-0.25, -0.2) is 4.98 Å². The monoisotopic (exact) mass is 190 g/mol. The van der Waals surface area contributed by atoms with Crippen molar-refractivity contribution >= 4 is 15.9 Å². The van der Waals surface area contributed by atoms with Crippen LogP contribution >= 0.6 is 15.9 Å². The van der Waals surface area contributed by atoms with E-state index in [4.69, 9.17) is 4.74 Å². The SMILES string of the molecule is COCn1cnc(Br)c1. The van der Waals surface area contributed by atoms with Gasteiger partial charge in [-0.1, -0.05) is 0 Å². The average molecular weight is 191 g/mol. The average Bonchev–Trinajstić information content (AvgIpc) is 2.17. The molecule has 9 heavy (non-hydrogen) atoms. The fourth-order valence-corrected chi connectivity index (χ4v) is 0.907. The van der Waals surface area contributed by atoms with Gasteiger partial charge in [0.25, 0.3) is 0 Å². The number of nitrogens with zero attached hydrogens (tertiary/aromatic N) is 2. The first-order valence-corrected chi connectivity index (χ1v) is 3.28. The summed E-state index contributed by atoms with van der Waals surface area (Å²) in [5.41, 5.74) is 0. The van der Waals surface area contributed by atoms with Crippen molar-refractivity contribution in [3.63, 3.8) is 0 Å². The van der Waals surface area contributed by atoms with Gasteiger partial charge in [-0.3, -0.25) is 0 Å². The van der Waals surface area contributed by atoms with Crippen molar-refractivity contribution in [3.05, 3.63) is 17.1 Å². The molecule has 0 aliphatic carbocycles. The standard InChI is InChI=1S/C5H7BrN2O/c1-9-4-8-2-5(6)7-3-8/h2-3H,4H2,1H3. The van der Waals surface area contributed by atoms with E-state index in [1.165, 1.54) is 0 Å². The molecule has 0 aliphatic rings. The van der Waals surface area contributed by atoms with Gasteiger partial charge in [0.1, 0.15) is 11.3 Å². The van der Waals surface area contributed by atoms with E-state index in [9.17, 15) is 0 Å². The van der Waals surface area contributed by atoms with Crippen molar-refractivity contribution in [3.8, 4) is 0 Å². The van der Waals surface area contributed by atoms with E-state index in [0.29, 0.717) is 6.73 Å². The third-order valence-corrected chi connectivity index (χ3v) is 1.29. The minimum atomic E-state index is 0.554. The van der Waals surface area contributed by atoms with Crippen LogP contribution in [0, 0.1) is 0 Å². The number of halogens is 1. The van der Waals surface area contributed by atoms with E-state index in [-0.39, 0.29) is 0 Å². The van der Waals surface area contributed by atoms with Crippen molar-refractivity contribution in [2.45, 2.75) is 6.73 Å². The Balaban J connectivity index is 2.61. The maximum absolute atomic E-state index is 4.84.